The molecule has 0 aliphatic rings. The van der Waals surface area contributed by atoms with Gasteiger partial charge in [0.2, 0.25) is 0 Å². The van der Waals surface area contributed by atoms with Crippen LogP contribution in [0.5, 0.6) is 0 Å². The molecule has 0 saturated heterocycles. The molecule has 11 heavy (non-hydrogen) atoms. The molecule has 0 bridgehead atoms. The van der Waals surface area contributed by atoms with E-state index in [1.165, 1.54) is 6.26 Å². The van der Waals surface area contributed by atoms with Crippen LogP contribution < -0.4 is 5.73 Å². The van der Waals surface area contributed by atoms with Crippen LogP contribution in [0.2, 0.25) is 0 Å². The maximum atomic E-state index is 10.7. The third-order valence-electron chi connectivity index (χ3n) is 1.13. The normalized spacial score (nSPS) is 14.5. The Balaban J connectivity index is 3.89. The Bertz CT molecular complexity index is 231. The lowest BCUT2D eigenvalue weighted by atomic mass is 10.1. The summed E-state index contributed by atoms with van der Waals surface area (Å²) < 4.78 is 21.4. The van der Waals surface area contributed by atoms with E-state index in [-0.39, 0.29) is 11.8 Å². The summed E-state index contributed by atoms with van der Waals surface area (Å²) >= 11 is 0. The summed E-state index contributed by atoms with van der Waals surface area (Å²) in [5.74, 6) is 0.0415. The molecule has 0 aromatic carbocycles. The minimum Gasteiger partial charge on any atom is -0.326 e. The van der Waals surface area contributed by atoms with Crippen molar-refractivity contribution in [3.05, 3.63) is 12.2 Å². The third-order valence-corrected chi connectivity index (χ3v) is 2.16. The molecule has 0 aliphatic heterocycles. The van der Waals surface area contributed by atoms with Crippen LogP contribution in [-0.2, 0) is 9.84 Å². The molecule has 1 unspecified atom stereocenters. The summed E-state index contributed by atoms with van der Waals surface area (Å²) in [7, 11) is -2.94. The molecule has 2 N–H and O–H groups in total. The van der Waals surface area contributed by atoms with Crippen molar-refractivity contribution in [1.29, 1.82) is 0 Å². The predicted molar refractivity (Wildman–Crippen MR) is 47.1 cm³/mol. The fraction of sp³-hybridized carbons (Fsp3) is 0.714. The molecule has 0 rings (SSSR count). The van der Waals surface area contributed by atoms with E-state index in [4.69, 9.17) is 5.73 Å². The van der Waals surface area contributed by atoms with Crippen LogP contribution in [0.4, 0.5) is 0 Å². The maximum Gasteiger partial charge on any atom is 0.148 e. The van der Waals surface area contributed by atoms with Gasteiger partial charge in [-0.25, -0.2) is 8.42 Å². The van der Waals surface area contributed by atoms with Gasteiger partial charge >= 0.3 is 0 Å². The van der Waals surface area contributed by atoms with Crippen molar-refractivity contribution in [2.24, 2.45) is 5.73 Å². The van der Waals surface area contributed by atoms with Crippen molar-refractivity contribution in [1.82, 2.24) is 0 Å². The molecule has 0 aromatic rings. The molecule has 0 saturated carbocycles. The highest BCUT2D eigenvalue weighted by Crippen LogP contribution is 2.01. The molecule has 0 amide bonds. The fourth-order valence-corrected chi connectivity index (χ4v) is 1.79. The SMILES string of the molecule is C=C(C)CC(N)CS(C)(=O)=O. The average Bonchev–Trinajstić information content (AvgIpc) is 1.53. The Morgan fingerprint density at radius 3 is 2.36 bits per heavy atom. The van der Waals surface area contributed by atoms with Crippen molar-refractivity contribution in [3.63, 3.8) is 0 Å². The summed E-state index contributed by atoms with van der Waals surface area (Å²) in [5.41, 5.74) is 6.44. The van der Waals surface area contributed by atoms with Gasteiger partial charge in [-0.2, -0.15) is 0 Å². The van der Waals surface area contributed by atoms with E-state index < -0.39 is 9.84 Å². The smallest absolute Gasteiger partial charge is 0.148 e. The number of rotatable bonds is 4. The highest BCUT2D eigenvalue weighted by atomic mass is 32.2. The van der Waals surface area contributed by atoms with E-state index in [0.717, 1.165) is 5.57 Å². The molecular weight excluding hydrogens is 162 g/mol. The van der Waals surface area contributed by atoms with Crippen molar-refractivity contribution in [3.8, 4) is 0 Å². The van der Waals surface area contributed by atoms with Crippen LogP contribution in [0.15, 0.2) is 12.2 Å². The standard InChI is InChI=1S/C7H15NO2S/c1-6(2)4-7(8)5-11(3,9)10/h7H,1,4-5,8H2,2-3H3. The first-order valence-corrected chi connectivity index (χ1v) is 5.45. The second kappa shape index (κ2) is 3.88. The van der Waals surface area contributed by atoms with E-state index in [1.807, 2.05) is 6.92 Å². The molecule has 0 aliphatic carbocycles. The van der Waals surface area contributed by atoms with Crippen molar-refractivity contribution in [2.45, 2.75) is 19.4 Å². The van der Waals surface area contributed by atoms with Gasteiger partial charge in [0.05, 0.1) is 5.75 Å². The quantitative estimate of drug-likeness (QED) is 0.629. The van der Waals surface area contributed by atoms with Gasteiger partial charge in [0, 0.05) is 12.3 Å². The van der Waals surface area contributed by atoms with E-state index in [0.29, 0.717) is 6.42 Å². The van der Waals surface area contributed by atoms with E-state index in [2.05, 4.69) is 6.58 Å². The summed E-state index contributed by atoms with van der Waals surface area (Å²) in [6.07, 6.45) is 1.76. The van der Waals surface area contributed by atoms with Crippen LogP contribution >= 0.6 is 0 Å². The topological polar surface area (TPSA) is 60.2 Å². The van der Waals surface area contributed by atoms with Crippen molar-refractivity contribution in [2.75, 3.05) is 12.0 Å². The Morgan fingerprint density at radius 2 is 2.09 bits per heavy atom. The van der Waals surface area contributed by atoms with Crippen LogP contribution in [0, 0.1) is 0 Å². The van der Waals surface area contributed by atoms with Gasteiger partial charge in [0.25, 0.3) is 0 Å². The molecule has 66 valence electrons. The Labute approximate surface area is 68.2 Å². The second-order valence-electron chi connectivity index (χ2n) is 3.01. The van der Waals surface area contributed by atoms with Gasteiger partial charge in [0.1, 0.15) is 9.84 Å². The van der Waals surface area contributed by atoms with Crippen LogP contribution in [-0.4, -0.2) is 26.5 Å². The van der Waals surface area contributed by atoms with Crippen LogP contribution in [0.1, 0.15) is 13.3 Å². The first-order valence-electron chi connectivity index (χ1n) is 3.39. The van der Waals surface area contributed by atoms with Crippen molar-refractivity contribution >= 4 is 9.84 Å². The molecular formula is C7H15NO2S. The number of hydrogen-bond acceptors (Lipinski definition) is 3. The second-order valence-corrected chi connectivity index (χ2v) is 5.20. The van der Waals surface area contributed by atoms with Gasteiger partial charge in [-0.1, -0.05) is 5.57 Å². The molecule has 0 spiro atoms. The first-order chi connectivity index (χ1) is 4.81. The van der Waals surface area contributed by atoms with Crippen LogP contribution in [0.25, 0.3) is 0 Å². The van der Waals surface area contributed by atoms with Gasteiger partial charge in [-0.05, 0) is 13.3 Å². The molecule has 0 radical (unpaired) electrons. The highest BCUT2D eigenvalue weighted by molar-refractivity contribution is 7.90. The average molecular weight is 177 g/mol. The third kappa shape index (κ3) is 7.55. The van der Waals surface area contributed by atoms with Gasteiger partial charge in [-0.3, -0.25) is 0 Å². The monoisotopic (exact) mass is 177 g/mol. The van der Waals surface area contributed by atoms with E-state index in [1.54, 1.807) is 0 Å². The zero-order chi connectivity index (χ0) is 9.07. The fourth-order valence-electron chi connectivity index (χ4n) is 0.895. The summed E-state index contributed by atoms with van der Waals surface area (Å²) in [6.45, 7) is 5.49. The lowest BCUT2D eigenvalue weighted by Gasteiger charge is -2.08. The van der Waals surface area contributed by atoms with Crippen LogP contribution in [0.3, 0.4) is 0 Å². The van der Waals surface area contributed by atoms with Crippen molar-refractivity contribution < 1.29 is 8.42 Å². The molecule has 0 fully saturated rings. The Hall–Kier alpha value is -0.350. The van der Waals surface area contributed by atoms with Gasteiger partial charge < -0.3 is 5.73 Å². The zero-order valence-corrected chi connectivity index (χ0v) is 7.82. The minimum atomic E-state index is -2.94. The molecule has 4 heteroatoms. The molecule has 0 heterocycles. The lowest BCUT2D eigenvalue weighted by molar-refractivity contribution is 0.591. The Kier molecular flexibility index (Phi) is 3.75. The highest BCUT2D eigenvalue weighted by Gasteiger charge is 2.10. The summed E-state index contributed by atoms with van der Waals surface area (Å²) in [5, 5.41) is 0. The number of hydrogen-bond donors (Lipinski definition) is 1. The molecule has 0 aromatic heterocycles. The van der Waals surface area contributed by atoms with E-state index >= 15 is 0 Å². The molecule has 1 atom stereocenters. The zero-order valence-electron chi connectivity index (χ0n) is 7.00. The van der Waals surface area contributed by atoms with Gasteiger partial charge in [-0.15, -0.1) is 6.58 Å². The number of sulfone groups is 1. The maximum absolute atomic E-state index is 10.7. The summed E-state index contributed by atoms with van der Waals surface area (Å²) in [6, 6.07) is -0.303. The summed E-state index contributed by atoms with van der Waals surface area (Å²) in [4.78, 5) is 0. The lowest BCUT2D eigenvalue weighted by Crippen LogP contribution is -2.29. The molecule has 3 nitrogen and oxygen atoms in total. The largest absolute Gasteiger partial charge is 0.326 e. The first kappa shape index (κ1) is 10.7. The minimum absolute atomic E-state index is 0.0415. The predicted octanol–water partition coefficient (Wildman–Crippen LogP) is 0.325. The van der Waals surface area contributed by atoms with E-state index in [9.17, 15) is 8.42 Å². The number of nitrogens with two attached hydrogens (primary N) is 1. The Morgan fingerprint density at radius 1 is 1.64 bits per heavy atom. The van der Waals surface area contributed by atoms with Gasteiger partial charge in [0.15, 0.2) is 0 Å².